The van der Waals surface area contributed by atoms with Crippen molar-refractivity contribution in [1.29, 1.82) is 0 Å². The maximum Gasteiger partial charge on any atom is 0.339 e. The van der Waals surface area contributed by atoms with Gasteiger partial charge in [-0.2, -0.15) is 0 Å². The molecule has 3 aromatic carbocycles. The van der Waals surface area contributed by atoms with Gasteiger partial charge in [-0.1, -0.05) is 67.4 Å². The van der Waals surface area contributed by atoms with E-state index >= 15 is 0 Å². The molecule has 0 aliphatic carbocycles. The van der Waals surface area contributed by atoms with Crippen LogP contribution in [0.5, 0.6) is 5.75 Å². The molecule has 0 saturated heterocycles. The van der Waals surface area contributed by atoms with Gasteiger partial charge in [0.25, 0.3) is 0 Å². The SMILES string of the molecule is Cc1ccc(C(C)c2cc(C(=O)O)c(O)c(C(C)c3ccc(C)cc3C)c2)c(C)c1. The van der Waals surface area contributed by atoms with Gasteiger partial charge in [0.15, 0.2) is 0 Å². The number of aryl methyl sites for hydroxylation is 4. The van der Waals surface area contributed by atoms with E-state index in [1.807, 2.05) is 19.9 Å². The zero-order chi connectivity index (χ0) is 22.2. The normalized spacial score (nSPS) is 13.1. The molecule has 0 heterocycles. The highest BCUT2D eigenvalue weighted by Gasteiger charge is 2.23. The lowest BCUT2D eigenvalue weighted by atomic mass is 9.83. The van der Waals surface area contributed by atoms with E-state index < -0.39 is 5.97 Å². The van der Waals surface area contributed by atoms with Gasteiger partial charge in [-0.3, -0.25) is 0 Å². The van der Waals surface area contributed by atoms with E-state index in [1.54, 1.807) is 6.07 Å². The molecule has 156 valence electrons. The van der Waals surface area contributed by atoms with E-state index in [1.165, 1.54) is 16.7 Å². The van der Waals surface area contributed by atoms with E-state index in [0.29, 0.717) is 5.56 Å². The van der Waals surface area contributed by atoms with Crippen molar-refractivity contribution in [2.45, 2.75) is 53.4 Å². The number of carboxylic acid groups (broad SMARTS) is 1. The van der Waals surface area contributed by atoms with Crippen molar-refractivity contribution in [2.75, 3.05) is 0 Å². The number of benzene rings is 3. The highest BCUT2D eigenvalue weighted by Crippen LogP contribution is 2.39. The lowest BCUT2D eigenvalue weighted by molar-refractivity contribution is 0.0693. The van der Waals surface area contributed by atoms with E-state index in [-0.39, 0.29) is 23.1 Å². The molecular weight excluding hydrogens is 372 g/mol. The third kappa shape index (κ3) is 4.11. The molecule has 0 bridgehead atoms. The van der Waals surface area contributed by atoms with Crippen molar-refractivity contribution < 1.29 is 15.0 Å². The predicted octanol–water partition coefficient (Wildman–Crippen LogP) is 6.63. The highest BCUT2D eigenvalue weighted by molar-refractivity contribution is 5.92. The first-order valence-corrected chi connectivity index (χ1v) is 10.3. The maximum atomic E-state index is 11.9. The summed E-state index contributed by atoms with van der Waals surface area (Å²) in [6.45, 7) is 12.3. The molecule has 2 N–H and O–H groups in total. The third-order valence-electron chi connectivity index (χ3n) is 6.14. The lowest BCUT2D eigenvalue weighted by Crippen LogP contribution is -2.08. The first-order chi connectivity index (χ1) is 14.1. The maximum absolute atomic E-state index is 11.9. The summed E-state index contributed by atoms with van der Waals surface area (Å²) in [6.07, 6.45) is 0. The molecule has 2 atom stereocenters. The largest absolute Gasteiger partial charge is 0.507 e. The van der Waals surface area contributed by atoms with Gasteiger partial charge in [0.1, 0.15) is 11.3 Å². The molecule has 3 nitrogen and oxygen atoms in total. The molecule has 3 aromatic rings. The van der Waals surface area contributed by atoms with Crippen molar-refractivity contribution in [2.24, 2.45) is 0 Å². The van der Waals surface area contributed by atoms with Gasteiger partial charge in [-0.15, -0.1) is 0 Å². The molecule has 0 aromatic heterocycles. The Hall–Kier alpha value is -3.07. The number of phenols is 1. The second-order valence-corrected chi connectivity index (χ2v) is 8.47. The predicted molar refractivity (Wildman–Crippen MR) is 122 cm³/mol. The van der Waals surface area contributed by atoms with E-state index in [4.69, 9.17) is 0 Å². The Morgan fingerprint density at radius 2 is 1.23 bits per heavy atom. The average molecular weight is 403 g/mol. The van der Waals surface area contributed by atoms with Crippen LogP contribution in [0.4, 0.5) is 0 Å². The Labute approximate surface area is 179 Å². The minimum atomic E-state index is -1.11. The van der Waals surface area contributed by atoms with Gasteiger partial charge in [0, 0.05) is 17.4 Å². The zero-order valence-electron chi connectivity index (χ0n) is 18.6. The quantitative estimate of drug-likeness (QED) is 0.504. The van der Waals surface area contributed by atoms with Crippen LogP contribution in [0.15, 0.2) is 48.5 Å². The van der Waals surface area contributed by atoms with Crippen LogP contribution < -0.4 is 0 Å². The van der Waals surface area contributed by atoms with E-state index in [9.17, 15) is 15.0 Å². The first-order valence-electron chi connectivity index (χ1n) is 10.3. The molecule has 0 radical (unpaired) electrons. The Kier molecular flexibility index (Phi) is 6.02. The minimum Gasteiger partial charge on any atom is -0.507 e. The van der Waals surface area contributed by atoms with E-state index in [0.717, 1.165) is 22.3 Å². The zero-order valence-corrected chi connectivity index (χ0v) is 18.6. The van der Waals surface area contributed by atoms with Crippen LogP contribution in [0.2, 0.25) is 0 Å². The van der Waals surface area contributed by atoms with Gasteiger partial charge in [-0.05, 0) is 61.6 Å². The second kappa shape index (κ2) is 8.35. The fraction of sp³-hybridized carbons (Fsp3) is 0.296. The van der Waals surface area contributed by atoms with Crippen molar-refractivity contribution >= 4 is 5.97 Å². The fourth-order valence-electron chi connectivity index (χ4n) is 4.39. The summed E-state index contributed by atoms with van der Waals surface area (Å²) in [5.74, 6) is -1.38. The van der Waals surface area contributed by atoms with Crippen LogP contribution in [0, 0.1) is 27.7 Å². The monoisotopic (exact) mass is 402 g/mol. The molecule has 30 heavy (non-hydrogen) atoms. The van der Waals surface area contributed by atoms with Crippen molar-refractivity contribution in [1.82, 2.24) is 0 Å². The van der Waals surface area contributed by atoms with Gasteiger partial charge in [0.2, 0.25) is 0 Å². The summed E-state index contributed by atoms with van der Waals surface area (Å²) < 4.78 is 0. The molecule has 3 rings (SSSR count). The van der Waals surface area contributed by atoms with Crippen LogP contribution in [0.1, 0.15) is 80.5 Å². The van der Waals surface area contributed by atoms with Gasteiger partial charge >= 0.3 is 5.97 Å². The van der Waals surface area contributed by atoms with Crippen LogP contribution >= 0.6 is 0 Å². The Morgan fingerprint density at radius 3 is 1.70 bits per heavy atom. The average Bonchev–Trinajstić information content (AvgIpc) is 2.67. The number of aromatic hydroxyl groups is 1. The van der Waals surface area contributed by atoms with Gasteiger partial charge in [-0.25, -0.2) is 4.79 Å². The van der Waals surface area contributed by atoms with Crippen molar-refractivity contribution in [3.63, 3.8) is 0 Å². The topological polar surface area (TPSA) is 57.5 Å². The van der Waals surface area contributed by atoms with Crippen LogP contribution in [0.25, 0.3) is 0 Å². The first kappa shape index (κ1) is 21.6. The second-order valence-electron chi connectivity index (χ2n) is 8.47. The molecule has 3 heteroatoms. The number of rotatable bonds is 5. The molecule has 0 aliphatic rings. The summed E-state index contributed by atoms with van der Waals surface area (Å²) in [6, 6.07) is 16.1. The Bertz CT molecular complexity index is 1110. The third-order valence-corrected chi connectivity index (χ3v) is 6.14. The van der Waals surface area contributed by atoms with Crippen molar-refractivity contribution in [3.8, 4) is 5.75 Å². The Morgan fingerprint density at radius 1 is 0.733 bits per heavy atom. The molecule has 0 spiro atoms. The standard InChI is InChI=1S/C27H30O3/c1-15-7-9-22(17(3)11-15)19(5)21-13-24(26(28)25(14-21)27(29)30)20(6)23-10-8-16(2)12-18(23)4/h7-14,19-20,28H,1-6H3,(H,29,30). The fourth-order valence-corrected chi connectivity index (χ4v) is 4.39. The number of hydrogen-bond acceptors (Lipinski definition) is 2. The van der Waals surface area contributed by atoms with Crippen LogP contribution in [-0.4, -0.2) is 16.2 Å². The molecule has 0 saturated carbocycles. The summed E-state index contributed by atoms with van der Waals surface area (Å²) in [5, 5.41) is 20.6. The number of aromatic carboxylic acids is 1. The van der Waals surface area contributed by atoms with E-state index in [2.05, 4.69) is 64.1 Å². The number of hydrogen-bond donors (Lipinski definition) is 2. The number of carboxylic acids is 1. The summed E-state index contributed by atoms with van der Waals surface area (Å²) in [4.78, 5) is 11.9. The molecule has 0 aliphatic heterocycles. The smallest absolute Gasteiger partial charge is 0.339 e. The molecule has 0 amide bonds. The van der Waals surface area contributed by atoms with Gasteiger partial charge in [0.05, 0.1) is 0 Å². The minimum absolute atomic E-state index is 0.00867. The van der Waals surface area contributed by atoms with Crippen LogP contribution in [-0.2, 0) is 0 Å². The summed E-state index contributed by atoms with van der Waals surface area (Å²) >= 11 is 0. The summed E-state index contributed by atoms with van der Waals surface area (Å²) in [7, 11) is 0. The number of carbonyl (C=O) groups is 1. The summed E-state index contributed by atoms with van der Waals surface area (Å²) in [5.41, 5.74) is 8.42. The van der Waals surface area contributed by atoms with Gasteiger partial charge < -0.3 is 10.2 Å². The van der Waals surface area contributed by atoms with Crippen LogP contribution in [0.3, 0.4) is 0 Å². The highest BCUT2D eigenvalue weighted by atomic mass is 16.4. The Balaban J connectivity index is 2.16. The van der Waals surface area contributed by atoms with Crippen molar-refractivity contribution in [3.05, 3.63) is 98.6 Å². The molecule has 2 unspecified atom stereocenters. The lowest BCUT2D eigenvalue weighted by Gasteiger charge is -2.22. The molecular formula is C27H30O3. The molecule has 0 fully saturated rings.